The third-order valence-corrected chi connectivity index (χ3v) is 5.75. The summed E-state index contributed by atoms with van der Waals surface area (Å²) in [6.07, 6.45) is 3.15. The van der Waals surface area contributed by atoms with Crippen LogP contribution in [0.1, 0.15) is 25.7 Å². The van der Waals surface area contributed by atoms with Crippen LogP contribution in [-0.2, 0) is 19.9 Å². The lowest BCUT2D eigenvalue weighted by Gasteiger charge is -2.09. The van der Waals surface area contributed by atoms with Gasteiger partial charge in [-0.15, -0.1) is 0 Å². The zero-order valence-corrected chi connectivity index (χ0v) is 9.48. The molecule has 84 valence electrons. The molecule has 14 heavy (non-hydrogen) atoms. The van der Waals surface area contributed by atoms with Gasteiger partial charge < -0.3 is 0 Å². The Morgan fingerprint density at radius 1 is 1.00 bits per heavy atom. The van der Waals surface area contributed by atoms with Crippen LogP contribution in [0.5, 0.6) is 0 Å². The molecule has 0 spiro atoms. The fourth-order valence-corrected chi connectivity index (χ4v) is 4.89. The van der Waals surface area contributed by atoms with Crippen LogP contribution in [0.2, 0.25) is 0 Å². The summed E-state index contributed by atoms with van der Waals surface area (Å²) >= 11 is 0. The predicted octanol–water partition coefficient (Wildman–Crippen LogP) is -0.368. The van der Waals surface area contributed by atoms with Crippen molar-refractivity contribution >= 4 is 19.9 Å². The van der Waals surface area contributed by atoms with E-state index in [-0.39, 0.29) is 11.0 Å². The molecule has 0 unspecified atom stereocenters. The molecule has 0 bridgehead atoms. The Hall–Kier alpha value is -0.140. The second-order valence-electron chi connectivity index (χ2n) is 3.64. The monoisotopic (exact) mass is 241 g/mol. The molecule has 7 heteroatoms. The van der Waals surface area contributed by atoms with Gasteiger partial charge in [-0.25, -0.2) is 22.0 Å². The normalized spacial score (nSPS) is 20.1. The first-order chi connectivity index (χ1) is 6.31. The van der Waals surface area contributed by atoms with Gasteiger partial charge in [-0.2, -0.15) is 0 Å². The smallest absolute Gasteiger partial charge is 0.210 e. The lowest BCUT2D eigenvalue weighted by atomic mass is 10.4. The SMILES string of the molecule is NS(=O)(=O)CCS(=O)(=O)C1CCCC1. The van der Waals surface area contributed by atoms with Crippen LogP contribution < -0.4 is 5.14 Å². The van der Waals surface area contributed by atoms with E-state index in [0.29, 0.717) is 12.8 Å². The second kappa shape index (κ2) is 4.16. The predicted molar refractivity (Wildman–Crippen MR) is 54.0 cm³/mol. The van der Waals surface area contributed by atoms with E-state index in [1.807, 2.05) is 0 Å². The summed E-state index contributed by atoms with van der Waals surface area (Å²) < 4.78 is 44.3. The van der Waals surface area contributed by atoms with E-state index in [1.54, 1.807) is 0 Å². The van der Waals surface area contributed by atoms with Crippen molar-refractivity contribution in [3.8, 4) is 0 Å². The lowest BCUT2D eigenvalue weighted by Crippen LogP contribution is -2.28. The van der Waals surface area contributed by atoms with Crippen molar-refractivity contribution in [2.24, 2.45) is 5.14 Å². The van der Waals surface area contributed by atoms with Gasteiger partial charge in [-0.05, 0) is 12.8 Å². The topological polar surface area (TPSA) is 94.3 Å². The van der Waals surface area contributed by atoms with Crippen molar-refractivity contribution in [3.63, 3.8) is 0 Å². The average Bonchev–Trinajstić information content (AvgIpc) is 2.52. The first kappa shape index (κ1) is 11.9. The molecule has 5 nitrogen and oxygen atoms in total. The first-order valence-electron chi connectivity index (χ1n) is 4.53. The minimum atomic E-state index is -3.67. The molecule has 0 saturated heterocycles. The summed E-state index contributed by atoms with van der Waals surface area (Å²) in [5.41, 5.74) is 0. The fourth-order valence-electron chi connectivity index (χ4n) is 1.65. The van der Waals surface area contributed by atoms with Crippen molar-refractivity contribution in [3.05, 3.63) is 0 Å². The van der Waals surface area contributed by atoms with Gasteiger partial charge in [0.2, 0.25) is 10.0 Å². The van der Waals surface area contributed by atoms with Crippen molar-refractivity contribution in [1.82, 2.24) is 0 Å². The molecule has 1 aliphatic rings. The van der Waals surface area contributed by atoms with Crippen molar-refractivity contribution in [2.45, 2.75) is 30.9 Å². The number of nitrogens with two attached hydrogens (primary N) is 1. The van der Waals surface area contributed by atoms with Crippen molar-refractivity contribution in [2.75, 3.05) is 11.5 Å². The Morgan fingerprint density at radius 3 is 1.93 bits per heavy atom. The Kier molecular flexibility index (Phi) is 3.54. The number of sulfonamides is 1. The molecule has 1 rings (SSSR count). The summed E-state index contributed by atoms with van der Waals surface area (Å²) in [5.74, 6) is -0.803. The quantitative estimate of drug-likeness (QED) is 0.726. The third kappa shape index (κ3) is 3.55. The molecule has 0 aromatic carbocycles. The first-order valence-corrected chi connectivity index (χ1v) is 7.96. The summed E-state index contributed by atoms with van der Waals surface area (Å²) in [7, 11) is -6.92. The molecule has 1 fully saturated rings. The van der Waals surface area contributed by atoms with Gasteiger partial charge in [0.1, 0.15) is 0 Å². The maximum atomic E-state index is 11.6. The zero-order chi connectivity index (χ0) is 10.8. The molecule has 2 N–H and O–H groups in total. The molecule has 0 aromatic heterocycles. The van der Waals surface area contributed by atoms with E-state index >= 15 is 0 Å². The van der Waals surface area contributed by atoms with Crippen LogP contribution in [0.4, 0.5) is 0 Å². The summed E-state index contributed by atoms with van der Waals surface area (Å²) in [5, 5.41) is 4.41. The van der Waals surface area contributed by atoms with E-state index in [9.17, 15) is 16.8 Å². The fraction of sp³-hybridized carbons (Fsp3) is 1.00. The largest absolute Gasteiger partial charge is 0.229 e. The maximum absolute atomic E-state index is 11.6. The minimum absolute atomic E-state index is 0.337. The van der Waals surface area contributed by atoms with Gasteiger partial charge in [0.15, 0.2) is 9.84 Å². The van der Waals surface area contributed by atoms with Gasteiger partial charge >= 0.3 is 0 Å². The molecule has 0 radical (unpaired) electrons. The Morgan fingerprint density at radius 2 is 1.50 bits per heavy atom. The maximum Gasteiger partial charge on any atom is 0.210 e. The molecule has 0 aliphatic heterocycles. The van der Waals surface area contributed by atoms with E-state index in [2.05, 4.69) is 0 Å². The van der Waals surface area contributed by atoms with E-state index in [4.69, 9.17) is 5.14 Å². The third-order valence-electron chi connectivity index (χ3n) is 2.46. The zero-order valence-electron chi connectivity index (χ0n) is 7.85. The highest BCUT2D eigenvalue weighted by atomic mass is 32.2. The molecular formula is C7H15NO4S2. The van der Waals surface area contributed by atoms with Crippen molar-refractivity contribution in [1.29, 1.82) is 0 Å². The average molecular weight is 241 g/mol. The number of primary sulfonamides is 1. The van der Waals surface area contributed by atoms with Gasteiger partial charge in [0.25, 0.3) is 0 Å². The number of hydrogen-bond donors (Lipinski definition) is 1. The number of rotatable bonds is 4. The molecule has 1 aliphatic carbocycles. The molecule has 0 amide bonds. The van der Waals surface area contributed by atoms with Crippen molar-refractivity contribution < 1.29 is 16.8 Å². The summed E-state index contributed by atoms with van der Waals surface area (Å²) in [6, 6.07) is 0. The second-order valence-corrected chi connectivity index (χ2v) is 7.78. The Labute approximate surface area is 84.6 Å². The van der Waals surface area contributed by atoms with Crippen LogP contribution >= 0.6 is 0 Å². The van der Waals surface area contributed by atoms with Crippen LogP contribution in [0, 0.1) is 0 Å². The van der Waals surface area contributed by atoms with Crippen LogP contribution in [0.15, 0.2) is 0 Å². The Bertz CT molecular complexity index is 378. The molecular weight excluding hydrogens is 226 g/mol. The van der Waals surface area contributed by atoms with Crippen LogP contribution in [0.3, 0.4) is 0 Å². The van der Waals surface area contributed by atoms with E-state index in [0.717, 1.165) is 12.8 Å². The summed E-state index contributed by atoms with van der Waals surface area (Å²) in [4.78, 5) is 0. The van der Waals surface area contributed by atoms with Crippen LogP contribution in [0.25, 0.3) is 0 Å². The molecule has 0 aromatic rings. The highest BCUT2D eigenvalue weighted by Crippen LogP contribution is 2.25. The van der Waals surface area contributed by atoms with E-state index in [1.165, 1.54) is 0 Å². The highest BCUT2D eigenvalue weighted by molar-refractivity contribution is 7.94. The standard InChI is InChI=1S/C7H15NO4S2/c8-14(11,12)6-5-13(9,10)7-3-1-2-4-7/h7H,1-6H2,(H2,8,11,12). The number of sulfone groups is 1. The molecule has 0 atom stereocenters. The van der Waals surface area contributed by atoms with Gasteiger partial charge in [0, 0.05) is 0 Å². The Balaban J connectivity index is 2.58. The van der Waals surface area contributed by atoms with Gasteiger partial charge in [-0.1, -0.05) is 12.8 Å². The molecule has 1 saturated carbocycles. The minimum Gasteiger partial charge on any atom is -0.229 e. The highest BCUT2D eigenvalue weighted by Gasteiger charge is 2.29. The number of hydrogen-bond acceptors (Lipinski definition) is 4. The van der Waals surface area contributed by atoms with Crippen LogP contribution in [-0.4, -0.2) is 33.6 Å². The van der Waals surface area contributed by atoms with Gasteiger partial charge in [-0.3, -0.25) is 0 Å². The lowest BCUT2D eigenvalue weighted by molar-refractivity contribution is 0.576. The summed E-state index contributed by atoms with van der Waals surface area (Å²) in [6.45, 7) is 0. The van der Waals surface area contributed by atoms with Gasteiger partial charge in [0.05, 0.1) is 16.8 Å². The van der Waals surface area contributed by atoms with E-state index < -0.39 is 25.6 Å². The molecule has 0 heterocycles.